The maximum atomic E-state index is 2.48. The lowest BCUT2D eigenvalue weighted by Crippen LogP contribution is -2.11. The molecule has 0 atom stereocenters. The Morgan fingerprint density at radius 3 is 1.77 bits per heavy atom. The van der Waals surface area contributed by atoms with Gasteiger partial charge in [0.2, 0.25) is 0 Å². The number of nitrogens with zero attached hydrogens (tertiary/aromatic N) is 1. The van der Waals surface area contributed by atoms with Crippen molar-refractivity contribution in [1.29, 1.82) is 0 Å². The van der Waals surface area contributed by atoms with Crippen LogP contribution in [0.5, 0.6) is 0 Å². The number of rotatable bonds is 6. The monoisotopic (exact) mass is 629 g/mol. The topological polar surface area (TPSA) is 3.24 Å². The fraction of sp³-hybridized carbons (Fsp3) is 0. The Kier molecular flexibility index (Phi) is 7.07. The molecule has 0 spiro atoms. The minimum absolute atomic E-state index is 1.12. The molecule has 226 valence electrons. The number of benzene rings is 8. The van der Waals surface area contributed by atoms with E-state index in [0.29, 0.717) is 0 Å². The Balaban J connectivity index is 1.33. The zero-order valence-corrected chi connectivity index (χ0v) is 27.1. The Labute approximate surface area is 284 Å². The lowest BCUT2D eigenvalue weighted by atomic mass is 9.94. The normalized spacial score (nSPS) is 11.3. The first kappa shape index (κ1) is 28.3. The highest BCUT2D eigenvalue weighted by atomic mass is 32.1. The number of anilines is 3. The molecule has 0 aliphatic rings. The molecule has 0 saturated carbocycles. The first-order chi connectivity index (χ1) is 23.8. The van der Waals surface area contributed by atoms with Crippen molar-refractivity contribution in [2.75, 3.05) is 4.90 Å². The van der Waals surface area contributed by atoms with E-state index in [4.69, 9.17) is 0 Å². The minimum atomic E-state index is 1.12. The van der Waals surface area contributed by atoms with E-state index in [1.54, 1.807) is 0 Å². The molecule has 1 heterocycles. The molecule has 1 aromatic heterocycles. The van der Waals surface area contributed by atoms with Gasteiger partial charge >= 0.3 is 0 Å². The fourth-order valence-corrected chi connectivity index (χ4v) is 8.18. The molecule has 0 fully saturated rings. The van der Waals surface area contributed by atoms with Gasteiger partial charge in [-0.25, -0.2) is 0 Å². The maximum Gasteiger partial charge on any atom is 0.0640 e. The molecular formula is C46H31NS. The zero-order valence-electron chi connectivity index (χ0n) is 26.3. The molecule has 0 aliphatic heterocycles. The summed E-state index contributed by atoms with van der Waals surface area (Å²) in [4.78, 5) is 2.48. The van der Waals surface area contributed by atoms with Gasteiger partial charge in [-0.1, -0.05) is 158 Å². The molecule has 0 aliphatic carbocycles. The molecular weight excluding hydrogens is 599 g/mol. The van der Waals surface area contributed by atoms with E-state index in [2.05, 4.69) is 193 Å². The average Bonchev–Trinajstić information content (AvgIpc) is 3.55. The number of hydrogen-bond acceptors (Lipinski definition) is 2. The predicted molar refractivity (Wildman–Crippen MR) is 208 cm³/mol. The summed E-state index contributed by atoms with van der Waals surface area (Å²) >= 11 is 1.87. The second-order valence-electron chi connectivity index (χ2n) is 12.1. The summed E-state index contributed by atoms with van der Waals surface area (Å²) in [5.74, 6) is 0. The quantitative estimate of drug-likeness (QED) is 0.177. The van der Waals surface area contributed by atoms with Gasteiger partial charge in [-0.15, -0.1) is 11.3 Å². The van der Waals surface area contributed by atoms with Crippen LogP contribution in [0.25, 0.3) is 64.3 Å². The number of hydrogen-bond donors (Lipinski definition) is 0. The third-order valence-corrected chi connectivity index (χ3v) is 10.5. The summed E-state index contributed by atoms with van der Waals surface area (Å²) in [5.41, 5.74) is 10.6. The van der Waals surface area contributed by atoms with Crippen molar-refractivity contribution in [3.63, 3.8) is 0 Å². The molecule has 1 nitrogen and oxygen atoms in total. The van der Waals surface area contributed by atoms with Crippen LogP contribution in [0.4, 0.5) is 17.1 Å². The van der Waals surface area contributed by atoms with E-state index < -0.39 is 0 Å². The summed E-state index contributed by atoms with van der Waals surface area (Å²) in [6.45, 7) is 0. The molecule has 0 bridgehead atoms. The van der Waals surface area contributed by atoms with Crippen LogP contribution in [-0.4, -0.2) is 0 Å². The van der Waals surface area contributed by atoms with E-state index in [-0.39, 0.29) is 0 Å². The Morgan fingerprint density at radius 1 is 0.354 bits per heavy atom. The van der Waals surface area contributed by atoms with Crippen LogP contribution >= 0.6 is 11.3 Å². The molecule has 0 amide bonds. The van der Waals surface area contributed by atoms with Crippen molar-refractivity contribution in [1.82, 2.24) is 0 Å². The Morgan fingerprint density at radius 2 is 0.958 bits per heavy atom. The van der Waals surface area contributed by atoms with E-state index >= 15 is 0 Å². The maximum absolute atomic E-state index is 2.48. The first-order valence-electron chi connectivity index (χ1n) is 16.4. The van der Waals surface area contributed by atoms with Gasteiger partial charge < -0.3 is 4.90 Å². The van der Waals surface area contributed by atoms with Crippen LogP contribution in [0.15, 0.2) is 188 Å². The SMILES string of the molecule is c1ccc(-c2ccc(N(c3cc(-c4cccc5ccccc45)ccc3-c3ccccc3)c3cccc4c3sc3ccccc34)cc2)cc1. The number of fused-ring (bicyclic) bond motifs is 4. The van der Waals surface area contributed by atoms with Crippen molar-refractivity contribution in [2.24, 2.45) is 0 Å². The second kappa shape index (κ2) is 12.0. The van der Waals surface area contributed by atoms with Gasteiger partial charge in [0.25, 0.3) is 0 Å². The van der Waals surface area contributed by atoms with Gasteiger partial charge in [-0.2, -0.15) is 0 Å². The number of thiophene rings is 1. The van der Waals surface area contributed by atoms with E-state index in [1.807, 2.05) is 11.3 Å². The van der Waals surface area contributed by atoms with Gasteiger partial charge in [0.1, 0.15) is 0 Å². The summed E-state index contributed by atoms with van der Waals surface area (Å²) in [6.07, 6.45) is 0. The van der Waals surface area contributed by atoms with E-state index in [0.717, 1.165) is 11.4 Å². The molecule has 0 N–H and O–H groups in total. The molecule has 0 saturated heterocycles. The summed E-state index contributed by atoms with van der Waals surface area (Å²) in [7, 11) is 0. The average molecular weight is 630 g/mol. The highest BCUT2D eigenvalue weighted by Crippen LogP contribution is 2.48. The third kappa shape index (κ3) is 4.95. The summed E-state index contributed by atoms with van der Waals surface area (Å²) in [6, 6.07) is 68.2. The lowest BCUT2D eigenvalue weighted by Gasteiger charge is -2.29. The van der Waals surface area contributed by atoms with Gasteiger partial charge in [0.15, 0.2) is 0 Å². The van der Waals surface area contributed by atoms with Crippen molar-refractivity contribution < 1.29 is 0 Å². The smallest absolute Gasteiger partial charge is 0.0640 e. The lowest BCUT2D eigenvalue weighted by molar-refractivity contribution is 1.30. The molecule has 0 radical (unpaired) electrons. The van der Waals surface area contributed by atoms with E-state index in [1.165, 1.54) is 70.0 Å². The molecule has 2 heteroatoms. The first-order valence-corrected chi connectivity index (χ1v) is 17.2. The van der Waals surface area contributed by atoms with Crippen LogP contribution in [0.1, 0.15) is 0 Å². The van der Waals surface area contributed by atoms with Crippen LogP contribution in [0.3, 0.4) is 0 Å². The van der Waals surface area contributed by atoms with Crippen LogP contribution in [0.2, 0.25) is 0 Å². The Hall–Kier alpha value is -5.96. The van der Waals surface area contributed by atoms with Crippen molar-refractivity contribution >= 4 is 59.3 Å². The highest BCUT2D eigenvalue weighted by molar-refractivity contribution is 7.26. The largest absolute Gasteiger partial charge is 0.308 e. The van der Waals surface area contributed by atoms with Crippen molar-refractivity contribution in [3.05, 3.63) is 188 Å². The van der Waals surface area contributed by atoms with Crippen LogP contribution < -0.4 is 4.90 Å². The van der Waals surface area contributed by atoms with Crippen LogP contribution in [0, 0.1) is 0 Å². The molecule has 0 unspecified atom stereocenters. The van der Waals surface area contributed by atoms with Gasteiger partial charge in [-0.05, 0) is 68.9 Å². The fourth-order valence-electron chi connectivity index (χ4n) is 6.97. The highest BCUT2D eigenvalue weighted by Gasteiger charge is 2.22. The van der Waals surface area contributed by atoms with Gasteiger partial charge in [-0.3, -0.25) is 0 Å². The molecule has 9 aromatic rings. The second-order valence-corrected chi connectivity index (χ2v) is 13.2. The standard InChI is InChI=1S/C46H31NS/c1-3-13-32(14-4-1)33-25-28-37(29-26-33)47(43-23-12-22-42-41-20-9-10-24-45(41)48-46(42)43)44-31-36(27-30-40(44)35-15-5-2-6-16-35)39-21-11-18-34-17-7-8-19-38(34)39/h1-31H. The summed E-state index contributed by atoms with van der Waals surface area (Å²) < 4.78 is 2.58. The molecule has 9 rings (SSSR count). The van der Waals surface area contributed by atoms with Crippen molar-refractivity contribution in [3.8, 4) is 33.4 Å². The van der Waals surface area contributed by atoms with Crippen LogP contribution in [-0.2, 0) is 0 Å². The van der Waals surface area contributed by atoms with E-state index in [9.17, 15) is 0 Å². The zero-order chi connectivity index (χ0) is 31.9. The molecule has 48 heavy (non-hydrogen) atoms. The van der Waals surface area contributed by atoms with Gasteiger partial charge in [0.05, 0.1) is 16.1 Å². The minimum Gasteiger partial charge on any atom is -0.308 e. The van der Waals surface area contributed by atoms with Crippen molar-refractivity contribution in [2.45, 2.75) is 0 Å². The van der Waals surface area contributed by atoms with Gasteiger partial charge in [0, 0.05) is 26.7 Å². The summed E-state index contributed by atoms with van der Waals surface area (Å²) in [5, 5.41) is 5.08. The third-order valence-electron chi connectivity index (χ3n) is 9.28. The predicted octanol–water partition coefficient (Wildman–Crippen LogP) is 13.7. The Bertz CT molecular complexity index is 2540. The molecule has 8 aromatic carbocycles.